The van der Waals surface area contributed by atoms with Gasteiger partial charge in [-0.15, -0.1) is 0 Å². The number of aromatic nitrogens is 2. The minimum atomic E-state index is -1.42. The fourth-order valence-electron chi connectivity index (χ4n) is 18.4. The number of hydrogen-bond donors (Lipinski definition) is 2. The van der Waals surface area contributed by atoms with Crippen molar-refractivity contribution in [2.45, 2.75) is 0 Å². The molecule has 0 spiro atoms. The Hall–Kier alpha value is -13.5. The summed E-state index contributed by atoms with van der Waals surface area (Å²) in [6, 6.07) is 137. The smallest absolute Gasteiger partial charge is 0.423 e. The third kappa shape index (κ3) is 10.5. The van der Waals surface area contributed by atoms with Crippen LogP contribution in [-0.2, 0) is 0 Å². The molecule has 2 heterocycles. The molecule has 0 radical (unpaired) electrons. The second-order valence-electron chi connectivity index (χ2n) is 29.3. The van der Waals surface area contributed by atoms with E-state index < -0.39 is 7.12 Å². The molecule has 2 aliphatic carbocycles. The van der Waals surface area contributed by atoms with Crippen molar-refractivity contribution in [1.29, 1.82) is 0 Å². The molecule has 520 valence electrons. The lowest BCUT2D eigenvalue weighted by atomic mass is 9.78. The van der Waals surface area contributed by atoms with Crippen LogP contribution in [0.15, 0.2) is 381 Å². The van der Waals surface area contributed by atoms with Gasteiger partial charge in [-0.05, 0) is 248 Å². The summed E-state index contributed by atoms with van der Waals surface area (Å²) < 4.78 is 5.95. The van der Waals surface area contributed by atoms with Crippen molar-refractivity contribution in [3.63, 3.8) is 0 Å². The normalized spacial score (nSPS) is 11.8. The number of para-hydroxylation sites is 2. The van der Waals surface area contributed by atoms with Gasteiger partial charge in [-0.25, -0.2) is 0 Å². The van der Waals surface area contributed by atoms with E-state index >= 15 is 0 Å². The zero-order valence-corrected chi connectivity index (χ0v) is 61.5. The highest BCUT2D eigenvalue weighted by Gasteiger charge is 2.26. The number of nitrogens with zero attached hydrogens (tertiary/aromatic N) is 2. The first-order valence-electron chi connectivity index (χ1n) is 37.6. The molecule has 4 nitrogen and oxygen atoms in total. The molecule has 0 aliphatic heterocycles. The predicted octanol–water partition coefficient (Wildman–Crippen LogP) is 27.4. The minimum absolute atomic E-state index is 0. The van der Waals surface area contributed by atoms with Gasteiger partial charge < -0.3 is 19.2 Å². The average Bonchev–Trinajstić information content (AvgIpc) is 1.73. The fourth-order valence-corrected chi connectivity index (χ4v) is 18.6. The van der Waals surface area contributed by atoms with Crippen molar-refractivity contribution in [3.8, 4) is 89.3 Å². The molecule has 2 aromatic heterocycles. The van der Waals surface area contributed by atoms with Crippen LogP contribution in [0.25, 0.3) is 219 Å². The van der Waals surface area contributed by atoms with Gasteiger partial charge in [-0.3, -0.25) is 4.70 Å². The van der Waals surface area contributed by atoms with Gasteiger partial charge >= 0.3 is 7.12 Å². The molecule has 7 heteroatoms. The number of benzene rings is 20. The lowest BCUT2D eigenvalue weighted by molar-refractivity contribution is 0.426. The third-order valence-corrected chi connectivity index (χ3v) is 23.9. The van der Waals surface area contributed by atoms with Crippen LogP contribution in [0.3, 0.4) is 0 Å². The first-order valence-corrected chi connectivity index (χ1v) is 38.4. The van der Waals surface area contributed by atoms with E-state index in [9.17, 15) is 10.0 Å². The molecule has 0 unspecified atom stereocenters. The highest BCUT2D eigenvalue weighted by Crippen LogP contribution is 2.50. The van der Waals surface area contributed by atoms with Gasteiger partial charge in [-0.2, -0.15) is 0 Å². The minimum Gasteiger partial charge on any atom is -0.423 e. The number of rotatable bonds is 6. The van der Waals surface area contributed by atoms with Crippen molar-refractivity contribution in [2.24, 2.45) is 0 Å². The Labute approximate surface area is 647 Å². The molecule has 2 aliphatic rings. The summed E-state index contributed by atoms with van der Waals surface area (Å²) in [5.41, 5.74) is 25.1. The summed E-state index contributed by atoms with van der Waals surface area (Å²) in [6.45, 7) is 0. The Morgan fingerprint density at radius 1 is 0.207 bits per heavy atom. The van der Waals surface area contributed by atoms with Gasteiger partial charge in [0.15, 0.2) is 0 Å². The van der Waals surface area contributed by atoms with Crippen LogP contribution in [0.5, 0.6) is 0 Å². The average molecular weight is 1480 g/mol. The molecule has 0 amide bonds. The second kappa shape index (κ2) is 26.1. The number of halogens is 2. The molecule has 111 heavy (non-hydrogen) atoms. The lowest BCUT2D eigenvalue weighted by Gasteiger charge is -2.14. The largest absolute Gasteiger partial charge is 0.488 e. The summed E-state index contributed by atoms with van der Waals surface area (Å²) >= 11 is 3.56. The Bertz CT molecular complexity index is 7570. The summed E-state index contributed by atoms with van der Waals surface area (Å²) in [6.07, 6.45) is 0. The standard InChI is InChI=1S/C52H31N.C36H22BrN.C16H11BO2.FH/c1-2-13-40-38(11-1)39-12-3-4-14-41(39)48-31-37(25-27-42(40)48)53-50-18-6-5-15-44(50)49-30-36(24-28-51(49)53)33-21-19-32(20-22-33)35-23-26-43-45-16-7-9-34-10-8-17-46(52(34)45)47(43)29-35;37-25-16-13-23(14-17-25)24-15-20-36-34(21-24)32-11-5-6-12-35(32)38(36)26-18-19-31-29-9-2-1-7-27(29)28-8-3-4-10-30(28)33(31)22-26;18-17(19)11-7-8-12-13-5-1-3-10-4-2-6-14(16(10)13)15(12)9-11;/h1-31H;1-22H;1-9,18-19H;1H. The molecule has 22 aromatic rings. The maximum Gasteiger partial charge on any atom is 0.488 e. The molecular weight excluding hydrogens is 1420 g/mol. The SMILES string of the molecule is Brc1ccc(-c2ccc3c(c2)c2ccccc2n3-c2ccc3c4ccccc4c4ccccc4c3c2)cc1.F.OB(O)c1ccc2c(c1)-c1cccc3cccc-2c13.c1cc2c3c(cccc3c1)-c1cc(-c3ccc(-c4ccc5c(c4)c4ccccc4n5-c4ccc5c6ccccc6c6ccccc6c5c4)cc3)ccc1-2. The van der Waals surface area contributed by atoms with E-state index in [-0.39, 0.29) is 4.70 Å². The van der Waals surface area contributed by atoms with Gasteiger partial charge in [0, 0.05) is 37.4 Å². The number of hydrogen-bond acceptors (Lipinski definition) is 2. The summed E-state index contributed by atoms with van der Waals surface area (Å²) in [5, 5.41) is 44.4. The zero-order valence-electron chi connectivity index (χ0n) is 59.9. The van der Waals surface area contributed by atoms with Gasteiger partial charge in [0.05, 0.1) is 22.1 Å². The van der Waals surface area contributed by atoms with Crippen molar-refractivity contribution in [3.05, 3.63) is 381 Å². The van der Waals surface area contributed by atoms with Gasteiger partial charge in [-0.1, -0.05) is 313 Å². The van der Waals surface area contributed by atoms with E-state index in [0.717, 1.165) is 15.6 Å². The van der Waals surface area contributed by atoms with E-state index in [2.05, 4.69) is 377 Å². The molecule has 2 N–H and O–H groups in total. The van der Waals surface area contributed by atoms with Crippen LogP contribution in [0.1, 0.15) is 0 Å². The molecule has 0 saturated heterocycles. The molecule has 0 fully saturated rings. The summed E-state index contributed by atoms with van der Waals surface area (Å²) in [7, 11) is -1.42. The van der Waals surface area contributed by atoms with Crippen LogP contribution in [-0.4, -0.2) is 26.3 Å². The topological polar surface area (TPSA) is 50.3 Å². The highest BCUT2D eigenvalue weighted by atomic mass is 79.9. The van der Waals surface area contributed by atoms with Crippen LogP contribution < -0.4 is 5.46 Å². The Morgan fingerprint density at radius 2 is 0.514 bits per heavy atom. The quantitative estimate of drug-likeness (QED) is 0.129. The van der Waals surface area contributed by atoms with E-state index in [1.165, 1.54) is 208 Å². The van der Waals surface area contributed by atoms with E-state index in [1.54, 1.807) is 6.07 Å². The van der Waals surface area contributed by atoms with Crippen molar-refractivity contribution >= 4 is 158 Å². The van der Waals surface area contributed by atoms with E-state index in [0.29, 0.717) is 5.46 Å². The first-order chi connectivity index (χ1) is 54.3. The van der Waals surface area contributed by atoms with E-state index in [4.69, 9.17) is 0 Å². The Kier molecular flexibility index (Phi) is 15.5. The van der Waals surface area contributed by atoms with Gasteiger partial charge in [0.1, 0.15) is 0 Å². The molecule has 0 atom stereocenters. The highest BCUT2D eigenvalue weighted by molar-refractivity contribution is 9.10. The predicted molar refractivity (Wildman–Crippen MR) is 473 cm³/mol. The maximum atomic E-state index is 9.32. The van der Waals surface area contributed by atoms with Crippen LogP contribution in [0, 0.1) is 0 Å². The third-order valence-electron chi connectivity index (χ3n) is 23.4. The lowest BCUT2D eigenvalue weighted by Crippen LogP contribution is -2.29. The maximum absolute atomic E-state index is 9.32. The van der Waals surface area contributed by atoms with E-state index in [1.807, 2.05) is 18.2 Å². The van der Waals surface area contributed by atoms with Gasteiger partial charge in [0.2, 0.25) is 0 Å². The van der Waals surface area contributed by atoms with Gasteiger partial charge in [0.25, 0.3) is 0 Å². The molecular formula is C104H65BBrFN2O2. The van der Waals surface area contributed by atoms with Crippen LogP contribution in [0.2, 0.25) is 0 Å². The molecule has 0 bridgehead atoms. The van der Waals surface area contributed by atoms with Crippen LogP contribution in [0.4, 0.5) is 4.70 Å². The summed E-state index contributed by atoms with van der Waals surface area (Å²) in [5.74, 6) is 0. The Balaban J connectivity index is 0.000000117. The first kappa shape index (κ1) is 65.7. The monoisotopic (exact) mass is 1480 g/mol. The molecule has 20 aromatic carbocycles. The fraction of sp³-hybridized carbons (Fsp3) is 0. The van der Waals surface area contributed by atoms with Crippen molar-refractivity contribution in [2.75, 3.05) is 0 Å². The zero-order chi connectivity index (χ0) is 72.8. The molecule has 0 saturated carbocycles. The second-order valence-corrected chi connectivity index (χ2v) is 30.2. The van der Waals surface area contributed by atoms with Crippen molar-refractivity contribution in [1.82, 2.24) is 9.13 Å². The van der Waals surface area contributed by atoms with Crippen LogP contribution >= 0.6 is 15.9 Å². The van der Waals surface area contributed by atoms with Crippen molar-refractivity contribution < 1.29 is 14.8 Å². The number of fused-ring (bicyclic) bond motifs is 24. The Morgan fingerprint density at radius 3 is 0.919 bits per heavy atom. The molecule has 24 rings (SSSR count). The summed E-state index contributed by atoms with van der Waals surface area (Å²) in [4.78, 5) is 0.